The number of hydrogen-bond acceptors (Lipinski definition) is 4. The lowest BCUT2D eigenvalue weighted by atomic mass is 10.3. The van der Waals surface area contributed by atoms with E-state index in [-0.39, 0.29) is 0 Å². The van der Waals surface area contributed by atoms with E-state index in [1.165, 1.54) is 6.33 Å². The molecule has 100 valence electrons. The van der Waals surface area contributed by atoms with Gasteiger partial charge in [-0.15, -0.1) is 0 Å². The Morgan fingerprint density at radius 3 is 2.74 bits per heavy atom. The average Bonchev–Trinajstić information content (AvgIpc) is 2.37. The first-order valence-electron chi connectivity index (χ1n) is 5.58. The van der Waals surface area contributed by atoms with Crippen molar-refractivity contribution in [2.75, 3.05) is 17.2 Å². The lowest BCUT2D eigenvalue weighted by molar-refractivity contribution is 1.10. The van der Waals surface area contributed by atoms with Crippen molar-refractivity contribution in [3.05, 3.63) is 37.6 Å². The van der Waals surface area contributed by atoms with Crippen molar-refractivity contribution in [3.63, 3.8) is 0 Å². The molecule has 0 aliphatic heterocycles. The highest BCUT2D eigenvalue weighted by molar-refractivity contribution is 14.1. The highest BCUT2D eigenvalue weighted by Gasteiger charge is 2.09. The van der Waals surface area contributed by atoms with E-state index in [0.717, 1.165) is 26.1 Å². The molecule has 2 N–H and O–H groups in total. The van der Waals surface area contributed by atoms with Crippen molar-refractivity contribution in [2.24, 2.45) is 0 Å². The Morgan fingerprint density at radius 2 is 2.05 bits per heavy atom. The van der Waals surface area contributed by atoms with Crippen LogP contribution in [0.25, 0.3) is 0 Å². The van der Waals surface area contributed by atoms with Crippen LogP contribution < -0.4 is 10.6 Å². The third-order valence-corrected chi connectivity index (χ3v) is 4.20. The minimum absolute atomic E-state index is 0.713. The molecule has 7 heteroatoms. The van der Waals surface area contributed by atoms with Crippen molar-refractivity contribution in [3.8, 4) is 0 Å². The summed E-state index contributed by atoms with van der Waals surface area (Å²) in [6, 6.07) is 5.66. The van der Waals surface area contributed by atoms with Gasteiger partial charge in [-0.05, 0) is 63.6 Å². The molecule has 0 bridgehead atoms. The van der Waals surface area contributed by atoms with E-state index in [4.69, 9.17) is 11.6 Å². The Morgan fingerprint density at radius 1 is 1.32 bits per heavy atom. The number of halogens is 3. The molecule has 19 heavy (non-hydrogen) atoms. The Labute approximate surface area is 138 Å². The predicted molar refractivity (Wildman–Crippen MR) is 91.3 cm³/mol. The minimum Gasteiger partial charge on any atom is -0.369 e. The largest absolute Gasteiger partial charge is 0.369 e. The number of hydrogen-bond donors (Lipinski definition) is 2. The summed E-state index contributed by atoms with van der Waals surface area (Å²) in [5, 5.41) is 7.14. The zero-order chi connectivity index (χ0) is 13.8. The summed E-state index contributed by atoms with van der Waals surface area (Å²) in [4.78, 5) is 8.41. The molecule has 2 aromatic rings. The Hall–Kier alpha value is -0.600. The average molecular weight is 454 g/mol. The number of rotatable bonds is 4. The zero-order valence-corrected chi connectivity index (χ0v) is 14.5. The second kappa shape index (κ2) is 6.71. The summed E-state index contributed by atoms with van der Waals surface area (Å²) < 4.78 is 1.84. The van der Waals surface area contributed by atoms with Gasteiger partial charge in [-0.25, -0.2) is 9.97 Å². The summed E-state index contributed by atoms with van der Waals surface area (Å²) in [7, 11) is 0. The molecule has 0 amide bonds. The van der Waals surface area contributed by atoms with Gasteiger partial charge in [0.15, 0.2) is 0 Å². The zero-order valence-electron chi connectivity index (χ0n) is 10.0. The Kier molecular flexibility index (Phi) is 5.23. The van der Waals surface area contributed by atoms with Gasteiger partial charge in [0, 0.05) is 15.1 Å². The lowest BCUT2D eigenvalue weighted by Gasteiger charge is -2.12. The molecule has 4 nitrogen and oxygen atoms in total. The van der Waals surface area contributed by atoms with Crippen LogP contribution in [0.5, 0.6) is 0 Å². The molecule has 0 atom stereocenters. The van der Waals surface area contributed by atoms with Crippen LogP contribution in [0, 0.1) is 3.57 Å². The summed E-state index contributed by atoms with van der Waals surface area (Å²) >= 11 is 11.7. The lowest BCUT2D eigenvalue weighted by Crippen LogP contribution is -2.04. The van der Waals surface area contributed by atoms with Gasteiger partial charge in [-0.2, -0.15) is 0 Å². The first-order chi connectivity index (χ1) is 9.11. The molecule has 1 heterocycles. The Balaban J connectivity index is 2.30. The first-order valence-corrected chi connectivity index (χ1v) is 7.83. The topological polar surface area (TPSA) is 49.8 Å². The molecule has 2 rings (SSSR count). The molecule has 0 aliphatic carbocycles. The van der Waals surface area contributed by atoms with Gasteiger partial charge in [-0.1, -0.05) is 11.6 Å². The maximum absolute atomic E-state index is 5.94. The fourth-order valence-corrected chi connectivity index (χ4v) is 2.92. The van der Waals surface area contributed by atoms with Gasteiger partial charge in [0.25, 0.3) is 0 Å². The highest BCUT2D eigenvalue weighted by atomic mass is 127. The molecule has 0 fully saturated rings. The number of nitrogens with zero attached hydrogens (tertiary/aromatic N) is 2. The normalized spacial score (nSPS) is 10.3. The van der Waals surface area contributed by atoms with Gasteiger partial charge in [0.05, 0.1) is 5.69 Å². The van der Waals surface area contributed by atoms with Crippen LogP contribution >= 0.6 is 50.1 Å². The monoisotopic (exact) mass is 452 g/mol. The SMILES string of the molecule is CCNc1ncnc(Nc2ccc(Cl)cc2I)c1Br. The molecular formula is C12H11BrClIN4. The predicted octanol–water partition coefficient (Wildman–Crippen LogP) is 4.67. The van der Waals surface area contributed by atoms with E-state index in [1.54, 1.807) is 0 Å². The summed E-state index contributed by atoms with van der Waals surface area (Å²) in [5.41, 5.74) is 0.951. The number of nitrogens with one attached hydrogen (secondary N) is 2. The molecule has 0 spiro atoms. The summed E-state index contributed by atoms with van der Waals surface area (Å²) in [6.07, 6.45) is 1.52. The van der Waals surface area contributed by atoms with Crippen LogP contribution in [-0.4, -0.2) is 16.5 Å². The third-order valence-electron chi connectivity index (χ3n) is 2.32. The molecule has 0 unspecified atom stereocenters. The maximum Gasteiger partial charge on any atom is 0.150 e. The second-order valence-electron chi connectivity index (χ2n) is 3.66. The maximum atomic E-state index is 5.94. The Bertz CT molecular complexity index is 594. The molecule has 1 aromatic heterocycles. The van der Waals surface area contributed by atoms with Crippen molar-refractivity contribution >= 4 is 67.4 Å². The van der Waals surface area contributed by atoms with Crippen LogP contribution in [0.1, 0.15) is 6.92 Å². The van der Waals surface area contributed by atoms with Crippen LogP contribution in [0.2, 0.25) is 5.02 Å². The van der Waals surface area contributed by atoms with E-state index in [1.807, 2.05) is 25.1 Å². The van der Waals surface area contributed by atoms with E-state index in [9.17, 15) is 0 Å². The molecule has 0 radical (unpaired) electrons. The highest BCUT2D eigenvalue weighted by Crippen LogP contribution is 2.31. The van der Waals surface area contributed by atoms with Crippen molar-refractivity contribution in [1.29, 1.82) is 0 Å². The first kappa shape index (κ1) is 14.8. The van der Waals surface area contributed by atoms with E-state index >= 15 is 0 Å². The number of anilines is 3. The van der Waals surface area contributed by atoms with Crippen molar-refractivity contribution in [1.82, 2.24) is 9.97 Å². The minimum atomic E-state index is 0.713. The number of aromatic nitrogens is 2. The summed E-state index contributed by atoms with van der Waals surface area (Å²) in [6.45, 7) is 2.82. The smallest absolute Gasteiger partial charge is 0.150 e. The van der Waals surface area contributed by atoms with Gasteiger partial charge in [0.1, 0.15) is 22.4 Å². The van der Waals surface area contributed by atoms with Crippen molar-refractivity contribution in [2.45, 2.75) is 6.92 Å². The van der Waals surface area contributed by atoms with Crippen LogP contribution in [0.3, 0.4) is 0 Å². The molecule has 0 saturated carbocycles. The fraction of sp³-hybridized carbons (Fsp3) is 0.167. The van der Waals surface area contributed by atoms with Gasteiger partial charge < -0.3 is 10.6 Å². The fourth-order valence-electron chi connectivity index (χ4n) is 1.47. The van der Waals surface area contributed by atoms with Gasteiger partial charge in [0.2, 0.25) is 0 Å². The quantitative estimate of drug-likeness (QED) is 0.661. The molecular weight excluding hydrogens is 442 g/mol. The third kappa shape index (κ3) is 3.70. The molecule has 0 aliphatic rings. The second-order valence-corrected chi connectivity index (χ2v) is 6.06. The molecule has 0 saturated heterocycles. The van der Waals surface area contributed by atoms with Crippen LogP contribution in [0.15, 0.2) is 29.0 Å². The van der Waals surface area contributed by atoms with Gasteiger partial charge >= 0.3 is 0 Å². The summed E-state index contributed by atoms with van der Waals surface area (Å²) in [5.74, 6) is 1.48. The molecule has 1 aromatic carbocycles. The van der Waals surface area contributed by atoms with E-state index < -0.39 is 0 Å². The van der Waals surface area contributed by atoms with E-state index in [0.29, 0.717) is 10.8 Å². The van der Waals surface area contributed by atoms with Crippen molar-refractivity contribution < 1.29 is 0 Å². The standard InChI is InChI=1S/C12H11BrClIN4/c1-2-16-11-10(13)12(18-6-17-11)19-9-4-3-7(14)5-8(9)15/h3-6H,2H2,1H3,(H2,16,17,18,19). The number of benzene rings is 1. The van der Waals surface area contributed by atoms with E-state index in [2.05, 4.69) is 59.1 Å². The van der Waals surface area contributed by atoms with Crippen LogP contribution in [-0.2, 0) is 0 Å². The van der Waals surface area contributed by atoms with Gasteiger partial charge in [-0.3, -0.25) is 0 Å². The van der Waals surface area contributed by atoms with Crippen LogP contribution in [0.4, 0.5) is 17.3 Å².